The maximum Gasteiger partial charge on any atom is 0.252 e. The molecular weight excluding hydrogens is 371 g/mol. The van der Waals surface area contributed by atoms with E-state index in [1.165, 1.54) is 12.1 Å². The van der Waals surface area contributed by atoms with Crippen molar-refractivity contribution in [1.82, 2.24) is 10.3 Å². The molecule has 0 aliphatic heterocycles. The van der Waals surface area contributed by atoms with Crippen LogP contribution in [0.3, 0.4) is 0 Å². The molecule has 3 rings (SSSR count). The molecule has 0 spiro atoms. The van der Waals surface area contributed by atoms with E-state index in [1.54, 1.807) is 12.1 Å². The normalized spacial score (nSPS) is 12.1. The van der Waals surface area contributed by atoms with Crippen LogP contribution in [0.1, 0.15) is 38.3 Å². The van der Waals surface area contributed by atoms with Gasteiger partial charge >= 0.3 is 0 Å². The third-order valence-corrected chi connectivity index (χ3v) is 4.74. The number of pyridine rings is 1. The van der Waals surface area contributed by atoms with Gasteiger partial charge in [0.15, 0.2) is 11.5 Å². The van der Waals surface area contributed by atoms with Gasteiger partial charge in [0, 0.05) is 18.7 Å². The summed E-state index contributed by atoms with van der Waals surface area (Å²) < 4.78 is 25.0. The Morgan fingerprint density at radius 1 is 1.07 bits per heavy atom. The van der Waals surface area contributed by atoms with E-state index in [4.69, 9.17) is 9.47 Å². The highest BCUT2D eigenvalue weighted by atomic mass is 19.1. The van der Waals surface area contributed by atoms with Crippen molar-refractivity contribution in [2.75, 3.05) is 6.61 Å². The van der Waals surface area contributed by atoms with Gasteiger partial charge in [0.1, 0.15) is 5.82 Å². The summed E-state index contributed by atoms with van der Waals surface area (Å²) >= 11 is 0. The lowest BCUT2D eigenvalue weighted by Gasteiger charge is -2.17. The van der Waals surface area contributed by atoms with Gasteiger partial charge in [-0.25, -0.2) is 4.39 Å². The molecule has 2 N–H and O–H groups in total. The third-order valence-electron chi connectivity index (χ3n) is 4.74. The molecule has 5 nitrogen and oxygen atoms in total. The van der Waals surface area contributed by atoms with E-state index in [0.29, 0.717) is 30.8 Å². The molecule has 3 aromatic rings. The molecule has 0 saturated carbocycles. The summed E-state index contributed by atoms with van der Waals surface area (Å²) in [7, 11) is 0. The quantitative estimate of drug-likeness (QED) is 0.556. The first-order valence-corrected chi connectivity index (χ1v) is 9.94. The number of aromatic amines is 1. The average Bonchev–Trinajstić information content (AvgIpc) is 2.70. The highest BCUT2D eigenvalue weighted by Crippen LogP contribution is 2.29. The molecule has 1 unspecified atom stereocenters. The molecule has 0 radical (unpaired) electrons. The number of hydrogen-bond donors (Lipinski definition) is 2. The minimum Gasteiger partial charge on any atom is -0.490 e. The fourth-order valence-electron chi connectivity index (χ4n) is 3.02. The Labute approximate surface area is 169 Å². The molecule has 0 saturated heterocycles. The largest absolute Gasteiger partial charge is 0.490 e. The zero-order valence-corrected chi connectivity index (χ0v) is 17.0. The SMILES string of the molecule is CCOc1cc(CNCc2cc3ccc(F)cc3[nH]c2=O)ccc1OC(C)CC. The molecule has 0 amide bonds. The maximum absolute atomic E-state index is 13.3. The van der Waals surface area contributed by atoms with Crippen LogP contribution < -0.4 is 20.3 Å². The van der Waals surface area contributed by atoms with Crippen molar-refractivity contribution >= 4 is 10.9 Å². The van der Waals surface area contributed by atoms with Crippen molar-refractivity contribution in [1.29, 1.82) is 0 Å². The van der Waals surface area contributed by atoms with Crippen molar-refractivity contribution in [2.45, 2.75) is 46.4 Å². The first kappa shape index (κ1) is 20.9. The summed E-state index contributed by atoms with van der Waals surface area (Å²) in [6.07, 6.45) is 1.04. The summed E-state index contributed by atoms with van der Waals surface area (Å²) in [5, 5.41) is 4.08. The van der Waals surface area contributed by atoms with Crippen molar-refractivity contribution in [3.8, 4) is 11.5 Å². The molecule has 0 aliphatic rings. The molecule has 154 valence electrons. The average molecular weight is 398 g/mol. The molecule has 0 fully saturated rings. The van der Waals surface area contributed by atoms with E-state index in [0.717, 1.165) is 28.9 Å². The van der Waals surface area contributed by atoms with E-state index in [9.17, 15) is 9.18 Å². The van der Waals surface area contributed by atoms with Crippen LogP contribution in [0, 0.1) is 5.82 Å². The predicted octanol–water partition coefficient (Wildman–Crippen LogP) is 4.53. The van der Waals surface area contributed by atoms with Crippen LogP contribution in [-0.4, -0.2) is 17.7 Å². The first-order valence-electron chi connectivity index (χ1n) is 9.94. The number of H-pyrrole nitrogens is 1. The van der Waals surface area contributed by atoms with Crippen molar-refractivity contribution in [3.05, 3.63) is 69.8 Å². The number of ether oxygens (including phenoxy) is 2. The number of benzene rings is 2. The molecule has 1 aromatic heterocycles. The van der Waals surface area contributed by atoms with Gasteiger partial charge in [0.05, 0.1) is 18.2 Å². The maximum atomic E-state index is 13.3. The van der Waals surface area contributed by atoms with Crippen molar-refractivity contribution in [3.63, 3.8) is 0 Å². The Hall–Kier alpha value is -2.86. The highest BCUT2D eigenvalue weighted by Gasteiger charge is 2.10. The van der Waals surface area contributed by atoms with Crippen LogP contribution in [0.15, 0.2) is 47.3 Å². The fraction of sp³-hybridized carbons (Fsp3) is 0.348. The Balaban J connectivity index is 1.69. The summed E-state index contributed by atoms with van der Waals surface area (Å²) in [4.78, 5) is 15.0. The molecule has 29 heavy (non-hydrogen) atoms. The second-order valence-corrected chi connectivity index (χ2v) is 7.01. The number of halogens is 1. The molecular formula is C23H27FN2O3. The molecule has 2 aromatic carbocycles. The minimum absolute atomic E-state index is 0.117. The van der Waals surface area contributed by atoms with Crippen LogP contribution in [0.2, 0.25) is 0 Å². The third kappa shape index (κ3) is 5.35. The van der Waals surface area contributed by atoms with Gasteiger partial charge in [-0.2, -0.15) is 0 Å². The summed E-state index contributed by atoms with van der Waals surface area (Å²) in [5.41, 5.74) is 1.91. The standard InChI is InChI=1S/C23H27FN2O3/c1-4-15(3)29-21-9-6-16(10-22(21)28-5-2)13-25-14-18-11-17-7-8-19(24)12-20(17)26-23(18)27/h6-12,15,25H,4-5,13-14H2,1-3H3,(H,26,27). The zero-order chi connectivity index (χ0) is 20.8. The number of aromatic nitrogens is 1. The van der Waals surface area contributed by atoms with E-state index in [-0.39, 0.29) is 17.5 Å². The van der Waals surface area contributed by atoms with E-state index < -0.39 is 0 Å². The van der Waals surface area contributed by atoms with Crippen LogP contribution >= 0.6 is 0 Å². The molecule has 1 atom stereocenters. The van der Waals surface area contributed by atoms with Gasteiger partial charge in [-0.15, -0.1) is 0 Å². The summed E-state index contributed by atoms with van der Waals surface area (Å²) in [5.74, 6) is 1.09. The van der Waals surface area contributed by atoms with Gasteiger partial charge in [-0.3, -0.25) is 4.79 Å². The Morgan fingerprint density at radius 2 is 1.90 bits per heavy atom. The lowest BCUT2D eigenvalue weighted by Crippen LogP contribution is -2.21. The van der Waals surface area contributed by atoms with E-state index >= 15 is 0 Å². The number of nitrogens with one attached hydrogen (secondary N) is 2. The first-order chi connectivity index (χ1) is 14.0. The second kappa shape index (κ2) is 9.56. The van der Waals surface area contributed by atoms with Crippen molar-refractivity contribution < 1.29 is 13.9 Å². The molecule has 1 heterocycles. The number of rotatable bonds is 9. The lowest BCUT2D eigenvalue weighted by molar-refractivity contribution is 0.203. The Kier molecular flexibility index (Phi) is 6.88. The predicted molar refractivity (Wildman–Crippen MR) is 113 cm³/mol. The fourth-order valence-corrected chi connectivity index (χ4v) is 3.02. The Morgan fingerprint density at radius 3 is 2.66 bits per heavy atom. The van der Waals surface area contributed by atoms with Gasteiger partial charge in [-0.1, -0.05) is 13.0 Å². The smallest absolute Gasteiger partial charge is 0.252 e. The lowest BCUT2D eigenvalue weighted by atomic mass is 10.1. The van der Waals surface area contributed by atoms with Crippen LogP contribution in [0.4, 0.5) is 4.39 Å². The topological polar surface area (TPSA) is 63.3 Å². The molecule has 0 aliphatic carbocycles. The highest BCUT2D eigenvalue weighted by molar-refractivity contribution is 5.78. The Bertz CT molecular complexity index is 1030. The van der Waals surface area contributed by atoms with Crippen LogP contribution in [-0.2, 0) is 13.1 Å². The molecule has 0 bridgehead atoms. The zero-order valence-electron chi connectivity index (χ0n) is 17.0. The van der Waals surface area contributed by atoms with Gasteiger partial charge < -0.3 is 19.8 Å². The number of hydrogen-bond acceptors (Lipinski definition) is 4. The monoisotopic (exact) mass is 398 g/mol. The number of fused-ring (bicyclic) bond motifs is 1. The summed E-state index contributed by atoms with van der Waals surface area (Å²) in [6, 6.07) is 12.0. The van der Waals surface area contributed by atoms with E-state index in [2.05, 4.69) is 17.2 Å². The molecule has 6 heteroatoms. The van der Waals surface area contributed by atoms with Gasteiger partial charge in [0.25, 0.3) is 5.56 Å². The van der Waals surface area contributed by atoms with Crippen molar-refractivity contribution in [2.24, 2.45) is 0 Å². The van der Waals surface area contributed by atoms with Gasteiger partial charge in [0.2, 0.25) is 0 Å². The van der Waals surface area contributed by atoms with Crippen LogP contribution in [0.25, 0.3) is 10.9 Å². The van der Waals surface area contributed by atoms with Gasteiger partial charge in [-0.05, 0) is 67.6 Å². The summed E-state index contributed by atoms with van der Waals surface area (Å²) in [6.45, 7) is 7.58. The minimum atomic E-state index is -0.370. The second-order valence-electron chi connectivity index (χ2n) is 7.01. The van der Waals surface area contributed by atoms with Crippen LogP contribution in [0.5, 0.6) is 11.5 Å². The van der Waals surface area contributed by atoms with E-state index in [1.807, 2.05) is 32.0 Å².